The van der Waals surface area contributed by atoms with Crippen LogP contribution in [0, 0.1) is 11.8 Å². The van der Waals surface area contributed by atoms with E-state index >= 15 is 0 Å². The van der Waals surface area contributed by atoms with E-state index in [9.17, 15) is 19.5 Å². The van der Waals surface area contributed by atoms with E-state index in [0.717, 1.165) is 38.2 Å². The summed E-state index contributed by atoms with van der Waals surface area (Å²) in [4.78, 5) is 39.0. The van der Waals surface area contributed by atoms with Crippen LogP contribution in [0.2, 0.25) is 0 Å². The van der Waals surface area contributed by atoms with Gasteiger partial charge in [-0.25, -0.2) is 4.79 Å². The molecule has 192 valence electrons. The predicted molar refractivity (Wildman–Crippen MR) is 128 cm³/mol. The second kappa shape index (κ2) is 16.6. The number of carboxylic acid groups (broad SMARTS) is 1. The molecule has 3 amide bonds. The summed E-state index contributed by atoms with van der Waals surface area (Å²) in [6, 6.07) is -1.25. The van der Waals surface area contributed by atoms with Crippen molar-refractivity contribution in [2.45, 2.75) is 95.6 Å². The summed E-state index contributed by atoms with van der Waals surface area (Å²) in [5.74, 6) is -0.461. The maximum atomic E-state index is 13.4. The topological polar surface area (TPSA) is 111 Å². The zero-order valence-corrected chi connectivity index (χ0v) is 23.5. The molecule has 2 aliphatic carbocycles. The molecule has 1 aliphatic heterocycles. The van der Waals surface area contributed by atoms with Crippen molar-refractivity contribution < 1.29 is 53.8 Å². The number of carbonyl (C=O) groups excluding carboxylic acids is 3. The minimum absolute atomic E-state index is 0. The van der Waals surface area contributed by atoms with Crippen LogP contribution < -0.4 is 45.3 Å². The Morgan fingerprint density at radius 1 is 0.914 bits per heavy atom. The predicted octanol–water partition coefficient (Wildman–Crippen LogP) is -0.477. The van der Waals surface area contributed by atoms with Crippen molar-refractivity contribution in [3.63, 3.8) is 0 Å². The van der Waals surface area contributed by atoms with Crippen molar-refractivity contribution >= 4 is 17.9 Å². The van der Waals surface area contributed by atoms with Crippen LogP contribution in [0.3, 0.4) is 0 Å². The molecule has 3 rings (SSSR count). The Morgan fingerprint density at radius 2 is 1.51 bits per heavy atom. The molecule has 35 heavy (non-hydrogen) atoms. The van der Waals surface area contributed by atoms with E-state index in [-0.39, 0.29) is 47.5 Å². The minimum atomic E-state index is -1.27. The van der Waals surface area contributed by atoms with Gasteiger partial charge >= 0.3 is 35.6 Å². The van der Waals surface area contributed by atoms with E-state index in [2.05, 4.69) is 10.6 Å². The van der Waals surface area contributed by atoms with E-state index in [0.29, 0.717) is 51.0 Å². The van der Waals surface area contributed by atoms with Gasteiger partial charge in [-0.15, -0.1) is 0 Å². The summed E-state index contributed by atoms with van der Waals surface area (Å²) < 4.78 is 5.34. The molecule has 0 spiro atoms. The molecule has 1 saturated heterocycles. The van der Waals surface area contributed by atoms with Gasteiger partial charge in [-0.05, 0) is 37.2 Å². The summed E-state index contributed by atoms with van der Waals surface area (Å²) in [6.45, 7) is 2.04. The third kappa shape index (κ3) is 11.2. The monoisotopic (exact) mass is 499 g/mol. The Hall–Kier alpha value is -1.09. The van der Waals surface area contributed by atoms with Crippen LogP contribution in [0.5, 0.6) is 0 Å². The van der Waals surface area contributed by atoms with Gasteiger partial charge in [0, 0.05) is 19.1 Å². The third-order valence-electron chi connectivity index (χ3n) is 7.61. The number of hydrogen-bond acceptors (Lipinski definition) is 5. The molecule has 1 heterocycles. The summed E-state index contributed by atoms with van der Waals surface area (Å²) in [5, 5.41) is 17.0. The van der Waals surface area contributed by atoms with Crippen molar-refractivity contribution in [3.8, 4) is 0 Å². The average molecular weight is 500 g/mol. The van der Waals surface area contributed by atoms with E-state index in [1.54, 1.807) is 4.90 Å². The number of hydrogen-bond donors (Lipinski definition) is 2. The zero-order valence-electron chi connectivity index (χ0n) is 21.5. The van der Waals surface area contributed by atoms with Crippen molar-refractivity contribution in [1.29, 1.82) is 0 Å². The molecular weight excluding hydrogens is 457 g/mol. The number of ether oxygens (including phenoxy) is 1. The standard InChI is InChI=1S/C26H43N3O5.Na/c30-24(31)14-13-22(12-11-20-7-3-1-4-8-20)27-25(32)23(19-21-9-5-2-6-10-21)28-26(33)29-15-17-34-18-16-29;/h13-14,20-23H,1-12,15-19H2,(H,27,32)(H,28,33)(H,30,31);/q;+1/p-1/b14-13+;/t22?,23-;/m0./s1. The quantitative estimate of drug-likeness (QED) is 0.312. The first kappa shape index (κ1) is 30.1. The molecule has 0 radical (unpaired) electrons. The van der Waals surface area contributed by atoms with Crippen LogP contribution in [0.25, 0.3) is 0 Å². The first-order valence-corrected chi connectivity index (χ1v) is 13.3. The second-order valence-electron chi connectivity index (χ2n) is 10.2. The fourth-order valence-electron chi connectivity index (χ4n) is 5.58. The normalized spacial score (nSPS) is 21.7. The number of aliphatic carboxylic acids is 1. The molecule has 0 aromatic rings. The van der Waals surface area contributed by atoms with Crippen LogP contribution in [0.4, 0.5) is 4.79 Å². The van der Waals surface area contributed by atoms with Gasteiger partial charge in [0.25, 0.3) is 0 Å². The Kier molecular flexibility index (Phi) is 14.3. The van der Waals surface area contributed by atoms with Crippen molar-refractivity contribution in [1.82, 2.24) is 15.5 Å². The number of morpholine rings is 1. The molecule has 8 nitrogen and oxygen atoms in total. The second-order valence-corrected chi connectivity index (χ2v) is 10.2. The number of carbonyl (C=O) groups is 3. The molecule has 2 N–H and O–H groups in total. The van der Waals surface area contributed by atoms with Gasteiger partial charge in [-0.2, -0.15) is 0 Å². The Balaban J connectivity index is 0.00000432. The van der Waals surface area contributed by atoms with Crippen molar-refractivity contribution in [3.05, 3.63) is 12.2 Å². The van der Waals surface area contributed by atoms with Gasteiger partial charge in [-0.3, -0.25) is 4.79 Å². The van der Waals surface area contributed by atoms with Gasteiger partial charge < -0.3 is 30.2 Å². The SMILES string of the molecule is O=C([O-])/C=C/C(CCC1CCCCC1)NC(=O)[C@H](CC1CCCCC1)NC(=O)N1CCOCC1.[Na+]. The summed E-state index contributed by atoms with van der Waals surface area (Å²) >= 11 is 0. The van der Waals surface area contributed by atoms with E-state index in [4.69, 9.17) is 4.74 Å². The van der Waals surface area contributed by atoms with Gasteiger partial charge in [0.1, 0.15) is 6.04 Å². The molecular formula is C26H42N3NaO5. The van der Waals surface area contributed by atoms with E-state index in [1.165, 1.54) is 44.6 Å². The van der Waals surface area contributed by atoms with Crippen LogP contribution in [-0.4, -0.2) is 61.2 Å². The van der Waals surface area contributed by atoms with Crippen LogP contribution in [-0.2, 0) is 14.3 Å². The zero-order chi connectivity index (χ0) is 24.2. The first-order valence-electron chi connectivity index (χ1n) is 13.3. The molecule has 0 aromatic carbocycles. The van der Waals surface area contributed by atoms with E-state index in [1.807, 2.05) is 0 Å². The Morgan fingerprint density at radius 3 is 2.11 bits per heavy atom. The molecule has 0 bridgehead atoms. The molecule has 1 unspecified atom stereocenters. The van der Waals surface area contributed by atoms with Gasteiger partial charge in [0.2, 0.25) is 5.91 Å². The average Bonchev–Trinajstić information content (AvgIpc) is 2.86. The Bertz CT molecular complexity index is 686. The summed E-state index contributed by atoms with van der Waals surface area (Å²) in [5.41, 5.74) is 0. The number of nitrogens with one attached hydrogen (secondary N) is 2. The number of rotatable bonds is 10. The fourth-order valence-corrected chi connectivity index (χ4v) is 5.58. The first-order chi connectivity index (χ1) is 16.5. The molecule has 2 atom stereocenters. The van der Waals surface area contributed by atoms with Crippen LogP contribution in [0.15, 0.2) is 12.2 Å². The number of urea groups is 1. The minimum Gasteiger partial charge on any atom is -0.545 e. The fraction of sp³-hybridized carbons (Fsp3) is 0.808. The molecule has 9 heteroatoms. The molecule has 3 aliphatic rings. The number of nitrogens with zero attached hydrogens (tertiary/aromatic N) is 1. The van der Waals surface area contributed by atoms with Crippen molar-refractivity contribution in [2.24, 2.45) is 11.8 Å². The van der Waals surface area contributed by atoms with Gasteiger partial charge in [0.05, 0.1) is 19.2 Å². The largest absolute Gasteiger partial charge is 1.00 e. The maximum Gasteiger partial charge on any atom is 1.00 e. The molecule has 0 aromatic heterocycles. The smallest absolute Gasteiger partial charge is 0.545 e. The molecule has 2 saturated carbocycles. The van der Waals surface area contributed by atoms with Crippen LogP contribution >= 0.6 is 0 Å². The maximum absolute atomic E-state index is 13.4. The van der Waals surface area contributed by atoms with Gasteiger partial charge in [0.15, 0.2) is 0 Å². The van der Waals surface area contributed by atoms with E-state index < -0.39 is 12.0 Å². The third-order valence-corrected chi connectivity index (χ3v) is 7.61. The Labute approximate surface area is 232 Å². The summed E-state index contributed by atoms with van der Waals surface area (Å²) in [6.07, 6.45) is 16.7. The number of carboxylic acids is 1. The number of amides is 3. The van der Waals surface area contributed by atoms with Crippen molar-refractivity contribution in [2.75, 3.05) is 26.3 Å². The summed E-state index contributed by atoms with van der Waals surface area (Å²) in [7, 11) is 0. The van der Waals surface area contributed by atoms with Crippen LogP contribution in [0.1, 0.15) is 83.5 Å². The molecule has 3 fully saturated rings. The van der Waals surface area contributed by atoms with Gasteiger partial charge in [-0.1, -0.05) is 70.3 Å².